The van der Waals surface area contributed by atoms with Gasteiger partial charge in [-0.25, -0.2) is 4.98 Å². The molecule has 2 atom stereocenters. The fourth-order valence-corrected chi connectivity index (χ4v) is 7.07. The summed E-state index contributed by atoms with van der Waals surface area (Å²) in [6, 6.07) is 22.2. The van der Waals surface area contributed by atoms with Gasteiger partial charge >= 0.3 is 0 Å². The van der Waals surface area contributed by atoms with Crippen LogP contribution in [0, 0.1) is 11.3 Å². The smallest absolute Gasteiger partial charge is 0.129 e. The van der Waals surface area contributed by atoms with Gasteiger partial charge in [-0.2, -0.15) is 0 Å². The molecule has 2 saturated heterocycles. The molecule has 0 spiro atoms. The molecule has 1 aromatic heterocycles. The zero-order valence-electron chi connectivity index (χ0n) is 22.9. The summed E-state index contributed by atoms with van der Waals surface area (Å²) in [5.74, 6) is 2.66. The Bertz CT molecular complexity index is 1320. The lowest BCUT2D eigenvalue weighted by atomic mass is 9.95. The largest absolute Gasteiger partial charge is 0.488 e. The highest BCUT2D eigenvalue weighted by Crippen LogP contribution is 2.57. The maximum Gasteiger partial charge on any atom is 0.129 e. The first-order valence-electron chi connectivity index (χ1n) is 14.8. The Balaban J connectivity index is 1.03. The second-order valence-electron chi connectivity index (χ2n) is 12.0. The second-order valence-corrected chi connectivity index (χ2v) is 12.0. The fourth-order valence-electron chi connectivity index (χ4n) is 7.07. The van der Waals surface area contributed by atoms with E-state index < -0.39 is 0 Å². The molecule has 39 heavy (non-hydrogen) atoms. The van der Waals surface area contributed by atoms with Crippen LogP contribution in [0.4, 0.5) is 5.82 Å². The summed E-state index contributed by atoms with van der Waals surface area (Å²) in [4.78, 5) is 10.2. The molecule has 6 heteroatoms. The van der Waals surface area contributed by atoms with Crippen LogP contribution in [-0.2, 0) is 24.3 Å². The number of pyridine rings is 1. The molecule has 3 fully saturated rings. The lowest BCUT2D eigenvalue weighted by Gasteiger charge is -2.37. The molecule has 2 N–H and O–H groups in total. The molecule has 3 aromatic rings. The predicted molar refractivity (Wildman–Crippen MR) is 155 cm³/mol. The lowest BCUT2D eigenvalue weighted by Crippen LogP contribution is -2.42. The van der Waals surface area contributed by atoms with E-state index in [0.717, 1.165) is 93.9 Å². The van der Waals surface area contributed by atoms with Crippen LogP contribution in [-0.4, -0.2) is 55.3 Å². The zero-order valence-corrected chi connectivity index (χ0v) is 22.9. The van der Waals surface area contributed by atoms with Gasteiger partial charge in [-0.1, -0.05) is 36.4 Å². The van der Waals surface area contributed by atoms with Crippen LogP contribution < -0.4 is 15.4 Å². The number of piperidine rings is 1. The predicted octanol–water partition coefficient (Wildman–Crippen LogP) is 5.04. The molecule has 0 radical (unpaired) electrons. The van der Waals surface area contributed by atoms with Crippen molar-refractivity contribution in [2.75, 3.05) is 44.3 Å². The molecule has 204 valence electrons. The molecule has 0 amide bonds. The van der Waals surface area contributed by atoms with Crippen LogP contribution in [0.15, 0.2) is 60.7 Å². The number of aromatic nitrogens is 1. The lowest BCUT2D eigenvalue weighted by molar-refractivity contribution is 0.0290. The third kappa shape index (κ3) is 5.06. The van der Waals surface area contributed by atoms with Crippen LogP contribution in [0.1, 0.15) is 42.4 Å². The van der Waals surface area contributed by atoms with Gasteiger partial charge in [-0.15, -0.1) is 0 Å². The summed E-state index contributed by atoms with van der Waals surface area (Å²) in [6.07, 6.45) is 5.87. The SMILES string of the molecule is NC[C@@]12CCN(c3cccc(-c4ccccc4OCc4ccc5c(c4)CCN(C4CCOCC4)C5)n3)CC1C2. The molecule has 1 unspecified atom stereocenters. The molecule has 3 aliphatic heterocycles. The van der Waals surface area contributed by atoms with Crippen molar-refractivity contribution < 1.29 is 9.47 Å². The van der Waals surface area contributed by atoms with Crippen molar-refractivity contribution >= 4 is 5.82 Å². The maximum atomic E-state index is 6.43. The summed E-state index contributed by atoms with van der Waals surface area (Å²) < 4.78 is 12.0. The molecule has 1 saturated carbocycles. The molecule has 6 nitrogen and oxygen atoms in total. The molecular weight excluding hydrogens is 484 g/mol. The highest BCUT2D eigenvalue weighted by Gasteiger charge is 2.55. The number of hydrogen-bond donors (Lipinski definition) is 1. The van der Waals surface area contributed by atoms with E-state index in [1.165, 1.54) is 29.5 Å². The molecule has 7 rings (SSSR count). The highest BCUT2D eigenvalue weighted by atomic mass is 16.5. The van der Waals surface area contributed by atoms with Crippen molar-refractivity contribution in [1.29, 1.82) is 0 Å². The Morgan fingerprint density at radius 1 is 1.00 bits per heavy atom. The number of benzene rings is 2. The van der Waals surface area contributed by atoms with Crippen molar-refractivity contribution in [3.63, 3.8) is 0 Å². The van der Waals surface area contributed by atoms with Crippen molar-refractivity contribution in [2.45, 2.75) is 51.3 Å². The number of ether oxygens (including phenoxy) is 2. The second kappa shape index (κ2) is 10.6. The van der Waals surface area contributed by atoms with E-state index in [2.05, 4.69) is 64.4 Å². The Kier molecular flexibility index (Phi) is 6.79. The number of anilines is 1. The summed E-state index contributed by atoms with van der Waals surface area (Å²) in [5.41, 5.74) is 12.6. The van der Waals surface area contributed by atoms with E-state index in [0.29, 0.717) is 18.1 Å². The minimum Gasteiger partial charge on any atom is -0.488 e. The molecule has 0 bridgehead atoms. The summed E-state index contributed by atoms with van der Waals surface area (Å²) in [5, 5.41) is 0. The first-order chi connectivity index (χ1) is 19.2. The topological polar surface area (TPSA) is 63.8 Å². The Hall–Kier alpha value is -2.93. The van der Waals surface area contributed by atoms with Crippen LogP contribution >= 0.6 is 0 Å². The van der Waals surface area contributed by atoms with E-state index in [4.69, 9.17) is 20.2 Å². The van der Waals surface area contributed by atoms with Crippen LogP contribution in [0.25, 0.3) is 11.3 Å². The van der Waals surface area contributed by atoms with E-state index in [1.54, 1.807) is 0 Å². The first-order valence-corrected chi connectivity index (χ1v) is 14.8. The number of fused-ring (bicyclic) bond motifs is 2. The monoisotopic (exact) mass is 524 g/mol. The number of nitrogens with zero attached hydrogens (tertiary/aromatic N) is 3. The Morgan fingerprint density at radius 3 is 2.77 bits per heavy atom. The molecule has 2 aromatic carbocycles. The summed E-state index contributed by atoms with van der Waals surface area (Å²) in [7, 11) is 0. The number of rotatable bonds is 7. The standard InChI is InChI=1S/C33H40N4O2/c34-23-33-13-15-37(21-27(33)19-33)32-7-3-5-30(35-32)29-4-1-2-6-31(29)39-22-24-8-9-26-20-36(14-10-25(26)18-24)28-11-16-38-17-12-28/h1-9,18,27-28H,10-17,19-23,34H2/t27?,33-/m0/s1. The first kappa shape index (κ1) is 25.1. The van der Waals surface area contributed by atoms with Gasteiger partial charge in [-0.3, -0.25) is 4.90 Å². The molecule has 1 aliphatic carbocycles. The van der Waals surface area contributed by atoms with E-state index in [1.807, 2.05) is 6.07 Å². The van der Waals surface area contributed by atoms with Crippen LogP contribution in [0.5, 0.6) is 5.75 Å². The zero-order chi connectivity index (χ0) is 26.2. The van der Waals surface area contributed by atoms with Gasteiger partial charge in [-0.05, 0) is 90.9 Å². The van der Waals surface area contributed by atoms with Gasteiger partial charge in [0.1, 0.15) is 18.2 Å². The Morgan fingerprint density at radius 2 is 1.90 bits per heavy atom. The number of para-hydroxylation sites is 1. The van der Waals surface area contributed by atoms with Gasteiger partial charge < -0.3 is 20.1 Å². The quantitative estimate of drug-likeness (QED) is 0.467. The van der Waals surface area contributed by atoms with Crippen molar-refractivity contribution in [3.8, 4) is 17.0 Å². The minimum atomic E-state index is 0.412. The fraction of sp³-hybridized carbons (Fsp3) is 0.485. The third-order valence-corrected chi connectivity index (χ3v) is 9.72. The summed E-state index contributed by atoms with van der Waals surface area (Å²) in [6.45, 7) is 7.48. The average Bonchev–Trinajstić information content (AvgIpc) is 3.75. The van der Waals surface area contributed by atoms with E-state index in [-0.39, 0.29) is 0 Å². The highest BCUT2D eigenvalue weighted by molar-refractivity contribution is 5.68. The van der Waals surface area contributed by atoms with Crippen molar-refractivity contribution in [2.24, 2.45) is 17.1 Å². The van der Waals surface area contributed by atoms with Gasteiger partial charge in [0, 0.05) is 51.0 Å². The maximum absolute atomic E-state index is 6.43. The minimum absolute atomic E-state index is 0.412. The molecule has 4 heterocycles. The van der Waals surface area contributed by atoms with Gasteiger partial charge in [0.25, 0.3) is 0 Å². The van der Waals surface area contributed by atoms with Crippen LogP contribution in [0.3, 0.4) is 0 Å². The van der Waals surface area contributed by atoms with Crippen LogP contribution in [0.2, 0.25) is 0 Å². The molecular formula is C33H40N4O2. The van der Waals surface area contributed by atoms with Gasteiger partial charge in [0.15, 0.2) is 0 Å². The van der Waals surface area contributed by atoms with Gasteiger partial charge in [0.2, 0.25) is 0 Å². The normalized spacial score (nSPS) is 25.2. The van der Waals surface area contributed by atoms with Crippen molar-refractivity contribution in [3.05, 3.63) is 77.4 Å². The number of nitrogens with two attached hydrogens (primary N) is 1. The van der Waals surface area contributed by atoms with Crippen molar-refractivity contribution in [1.82, 2.24) is 9.88 Å². The summed E-state index contributed by atoms with van der Waals surface area (Å²) >= 11 is 0. The molecule has 4 aliphatic rings. The third-order valence-electron chi connectivity index (χ3n) is 9.72. The Labute approximate surface area is 232 Å². The number of hydrogen-bond acceptors (Lipinski definition) is 6. The van der Waals surface area contributed by atoms with E-state index in [9.17, 15) is 0 Å². The van der Waals surface area contributed by atoms with Gasteiger partial charge in [0.05, 0.1) is 5.69 Å². The average molecular weight is 525 g/mol. The van der Waals surface area contributed by atoms with E-state index >= 15 is 0 Å².